The van der Waals surface area contributed by atoms with Gasteiger partial charge in [0, 0.05) is 16.0 Å². The van der Waals surface area contributed by atoms with Crippen LogP contribution >= 0.6 is 45.8 Å². The van der Waals surface area contributed by atoms with Crippen molar-refractivity contribution >= 4 is 57.2 Å². The third-order valence-electron chi connectivity index (χ3n) is 1.76. The summed E-state index contributed by atoms with van der Waals surface area (Å²) in [5, 5.41) is 0.846. The summed E-state index contributed by atoms with van der Waals surface area (Å²) in [5.41, 5.74) is 1.06. The molecule has 7 heteroatoms. The van der Waals surface area contributed by atoms with Gasteiger partial charge in [-0.1, -0.05) is 51.9 Å². The Hall–Kier alpha value is -1.41. The Labute approximate surface area is 134 Å². The van der Waals surface area contributed by atoms with E-state index in [1.165, 1.54) is 12.4 Å². The largest absolute Gasteiger partial charge is 0.256 e. The van der Waals surface area contributed by atoms with E-state index in [0.717, 1.165) is 3.57 Å². The van der Waals surface area contributed by atoms with Gasteiger partial charge in [-0.25, -0.2) is 9.69 Å². The molecule has 0 aliphatic rings. The molecule has 2 aromatic heterocycles. The molecule has 2 rings (SSSR count). The topological polar surface area (TPSA) is 34.5 Å². The average molecular weight is 403 g/mol. The number of aromatic nitrogens is 2. The normalized spacial score (nSPS) is 8.68. The molecule has 0 N–H and O–H groups in total. The van der Waals surface area contributed by atoms with Crippen molar-refractivity contribution in [1.29, 1.82) is 0 Å². The van der Waals surface area contributed by atoms with Crippen LogP contribution in [0.25, 0.3) is 9.69 Å². The van der Waals surface area contributed by atoms with Gasteiger partial charge < -0.3 is 0 Å². The van der Waals surface area contributed by atoms with Crippen molar-refractivity contribution in [2.24, 2.45) is 0 Å². The molecule has 0 aromatic carbocycles. The number of pyridine rings is 2. The minimum atomic E-state index is 0.419. The standard InChI is InChI=1S/C6H2ClIN2.C6H3ClN2/c1-9-5-3-10-6(7)2-4(5)8;1-8-5-2-3-6(7)9-4-5/h2-3H;2-4H. The second-order valence-corrected chi connectivity index (χ2v) is 4.96. The van der Waals surface area contributed by atoms with E-state index in [1.807, 2.05) is 22.6 Å². The van der Waals surface area contributed by atoms with Gasteiger partial charge >= 0.3 is 0 Å². The first-order chi connectivity index (χ1) is 9.06. The number of nitrogens with zero attached hydrogens (tertiary/aromatic N) is 4. The zero-order valence-electron chi connectivity index (χ0n) is 9.31. The van der Waals surface area contributed by atoms with Gasteiger partial charge in [-0.15, -0.1) is 0 Å². The summed E-state index contributed by atoms with van der Waals surface area (Å²) in [5.74, 6) is 0. The molecule has 2 heterocycles. The third kappa shape index (κ3) is 5.39. The quantitative estimate of drug-likeness (QED) is 0.346. The molecule has 0 saturated carbocycles. The Morgan fingerprint density at radius 2 is 1.68 bits per heavy atom. The minimum absolute atomic E-state index is 0.419. The van der Waals surface area contributed by atoms with Gasteiger partial charge in [-0.2, -0.15) is 0 Å². The monoisotopic (exact) mass is 402 g/mol. The third-order valence-corrected chi connectivity index (χ3v) is 3.06. The van der Waals surface area contributed by atoms with E-state index in [9.17, 15) is 0 Å². The number of hydrogen-bond donors (Lipinski definition) is 0. The van der Waals surface area contributed by atoms with Gasteiger partial charge in [0.1, 0.15) is 10.3 Å². The van der Waals surface area contributed by atoms with Crippen molar-refractivity contribution in [1.82, 2.24) is 9.97 Å². The van der Waals surface area contributed by atoms with E-state index >= 15 is 0 Å². The summed E-state index contributed by atoms with van der Waals surface area (Å²) >= 11 is 13.1. The molecule has 4 nitrogen and oxygen atoms in total. The van der Waals surface area contributed by atoms with Gasteiger partial charge in [-0.05, 0) is 12.1 Å². The average Bonchev–Trinajstić information content (AvgIpc) is 2.40. The van der Waals surface area contributed by atoms with Crippen LogP contribution in [0.5, 0.6) is 0 Å². The molecule has 0 spiro atoms. The van der Waals surface area contributed by atoms with Crippen molar-refractivity contribution in [2.75, 3.05) is 0 Å². The van der Waals surface area contributed by atoms with E-state index in [2.05, 4.69) is 19.7 Å². The van der Waals surface area contributed by atoms with E-state index in [1.54, 1.807) is 18.2 Å². The van der Waals surface area contributed by atoms with Crippen LogP contribution in [0.15, 0.2) is 30.6 Å². The molecular formula is C12H5Cl2IN4. The predicted molar refractivity (Wildman–Crippen MR) is 83.7 cm³/mol. The first-order valence-electron chi connectivity index (χ1n) is 4.74. The minimum Gasteiger partial charge on any atom is -0.256 e. The fraction of sp³-hybridized carbons (Fsp3) is 0. The molecule has 94 valence electrons. The van der Waals surface area contributed by atoms with Gasteiger partial charge in [0.15, 0.2) is 0 Å². The summed E-state index contributed by atoms with van der Waals surface area (Å²) in [6, 6.07) is 4.88. The Morgan fingerprint density at radius 3 is 2.16 bits per heavy atom. The molecule has 0 aliphatic heterocycles. The summed E-state index contributed by atoms with van der Waals surface area (Å²) in [6.07, 6.45) is 2.91. The summed E-state index contributed by atoms with van der Waals surface area (Å²) in [7, 11) is 0. The summed E-state index contributed by atoms with van der Waals surface area (Å²) in [4.78, 5) is 13.8. The Balaban J connectivity index is 0.000000191. The highest BCUT2D eigenvalue weighted by molar-refractivity contribution is 14.1. The highest BCUT2D eigenvalue weighted by Crippen LogP contribution is 2.22. The van der Waals surface area contributed by atoms with Gasteiger partial charge in [0.2, 0.25) is 11.4 Å². The molecule has 0 radical (unpaired) electrons. The zero-order chi connectivity index (χ0) is 14.3. The first kappa shape index (κ1) is 15.6. The van der Waals surface area contributed by atoms with Crippen LogP contribution in [0, 0.1) is 16.7 Å². The highest BCUT2D eigenvalue weighted by atomic mass is 127. The molecule has 2 aromatic rings. The SMILES string of the molecule is [C-]#[N+]c1ccc(Cl)nc1.[C-]#[N+]c1cnc(Cl)cc1I. The van der Waals surface area contributed by atoms with Crippen molar-refractivity contribution in [3.63, 3.8) is 0 Å². The molecule has 0 fully saturated rings. The maximum atomic E-state index is 6.69. The van der Waals surface area contributed by atoms with Crippen molar-refractivity contribution < 1.29 is 0 Å². The van der Waals surface area contributed by atoms with Crippen LogP contribution < -0.4 is 0 Å². The zero-order valence-corrected chi connectivity index (χ0v) is 13.0. The molecule has 0 aliphatic carbocycles. The second-order valence-electron chi connectivity index (χ2n) is 3.02. The highest BCUT2D eigenvalue weighted by Gasteiger charge is 1.98. The number of halogens is 3. The van der Waals surface area contributed by atoms with Crippen LogP contribution in [0.4, 0.5) is 11.4 Å². The van der Waals surface area contributed by atoms with Crippen LogP contribution in [0.3, 0.4) is 0 Å². The fourth-order valence-corrected chi connectivity index (χ4v) is 1.93. The lowest BCUT2D eigenvalue weighted by atomic mass is 10.4. The predicted octanol–water partition coefficient (Wildman–Crippen LogP) is 5.18. The second kappa shape index (κ2) is 7.90. The van der Waals surface area contributed by atoms with Crippen molar-refractivity contribution in [3.8, 4) is 0 Å². The Morgan fingerprint density at radius 1 is 1.00 bits per heavy atom. The lowest BCUT2D eigenvalue weighted by Gasteiger charge is -1.92. The molecule has 0 amide bonds. The Kier molecular flexibility index (Phi) is 6.51. The Bertz CT molecular complexity index is 644. The number of hydrogen-bond acceptors (Lipinski definition) is 2. The lowest BCUT2D eigenvalue weighted by molar-refractivity contribution is 1.33. The molecule has 0 atom stereocenters. The van der Waals surface area contributed by atoms with Crippen molar-refractivity contribution in [2.45, 2.75) is 0 Å². The molecule has 0 unspecified atom stereocenters. The summed E-state index contributed by atoms with van der Waals surface area (Å²) < 4.78 is 0.840. The fourth-order valence-electron chi connectivity index (χ4n) is 0.917. The molecule has 0 saturated heterocycles. The van der Waals surface area contributed by atoms with Crippen LogP contribution in [-0.2, 0) is 0 Å². The van der Waals surface area contributed by atoms with Crippen LogP contribution in [0.1, 0.15) is 0 Å². The maximum Gasteiger partial charge on any atom is 0.218 e. The van der Waals surface area contributed by atoms with E-state index < -0.39 is 0 Å². The summed E-state index contributed by atoms with van der Waals surface area (Å²) in [6.45, 7) is 13.2. The lowest BCUT2D eigenvalue weighted by Crippen LogP contribution is -1.75. The smallest absolute Gasteiger partial charge is 0.218 e. The van der Waals surface area contributed by atoms with Crippen molar-refractivity contribution in [3.05, 3.63) is 67.3 Å². The van der Waals surface area contributed by atoms with E-state index in [4.69, 9.17) is 36.3 Å². The number of rotatable bonds is 0. The first-order valence-corrected chi connectivity index (χ1v) is 6.58. The van der Waals surface area contributed by atoms with Gasteiger partial charge in [0.25, 0.3) is 0 Å². The van der Waals surface area contributed by atoms with Crippen LogP contribution in [0.2, 0.25) is 10.3 Å². The van der Waals surface area contributed by atoms with Crippen LogP contribution in [-0.4, -0.2) is 9.97 Å². The molecule has 19 heavy (non-hydrogen) atoms. The maximum absolute atomic E-state index is 6.69. The van der Waals surface area contributed by atoms with Gasteiger partial charge in [-0.3, -0.25) is 9.97 Å². The van der Waals surface area contributed by atoms with Gasteiger partial charge in [0.05, 0.1) is 13.1 Å². The van der Waals surface area contributed by atoms with E-state index in [0.29, 0.717) is 21.7 Å². The molecular weight excluding hydrogens is 398 g/mol. The molecule has 0 bridgehead atoms. The van der Waals surface area contributed by atoms with E-state index in [-0.39, 0.29) is 0 Å².